The molecule has 0 heterocycles. The largest absolute Gasteiger partial charge is 0.481 e. The Balaban J connectivity index is 3.32. The highest BCUT2D eigenvalue weighted by molar-refractivity contribution is 6.00. The molecule has 0 bridgehead atoms. The number of hydrogen-bond donors (Lipinski definition) is 2. The van der Waals surface area contributed by atoms with Crippen molar-refractivity contribution in [2.75, 3.05) is 7.11 Å². The molecule has 0 aliphatic carbocycles. The molecule has 2 atom stereocenters. The summed E-state index contributed by atoms with van der Waals surface area (Å²) >= 11 is 0. The van der Waals surface area contributed by atoms with Gasteiger partial charge in [0.1, 0.15) is 11.6 Å². The van der Waals surface area contributed by atoms with Crippen molar-refractivity contribution in [2.45, 2.75) is 51.3 Å². The van der Waals surface area contributed by atoms with Gasteiger partial charge in [0, 0.05) is 6.42 Å². The number of hydrogen-bond acceptors (Lipinski definition) is 7. The van der Waals surface area contributed by atoms with E-state index < -0.39 is 48.0 Å². The van der Waals surface area contributed by atoms with Gasteiger partial charge in [-0.1, -0.05) is 30.3 Å². The van der Waals surface area contributed by atoms with Gasteiger partial charge < -0.3 is 20.3 Å². The Morgan fingerprint density at radius 1 is 1.14 bits per heavy atom. The molecule has 9 heteroatoms. The Hall–Kier alpha value is -2.94. The van der Waals surface area contributed by atoms with E-state index in [1.54, 1.807) is 51.1 Å². The predicted octanol–water partition coefficient (Wildman–Crippen LogP) is 1.34. The molecule has 28 heavy (non-hydrogen) atoms. The van der Waals surface area contributed by atoms with Crippen molar-refractivity contribution < 1.29 is 33.8 Å². The average Bonchev–Trinajstić information content (AvgIpc) is 2.59. The maximum atomic E-state index is 12.8. The lowest BCUT2D eigenvalue weighted by Gasteiger charge is -2.32. The number of carbonyl (C=O) groups excluding carboxylic acids is 3. The van der Waals surface area contributed by atoms with Crippen molar-refractivity contribution in [3.05, 3.63) is 35.9 Å². The van der Waals surface area contributed by atoms with Crippen LogP contribution in [0.3, 0.4) is 0 Å². The summed E-state index contributed by atoms with van der Waals surface area (Å²) in [5.41, 5.74) is 5.36. The van der Waals surface area contributed by atoms with E-state index in [0.29, 0.717) is 10.5 Å². The van der Waals surface area contributed by atoms with Gasteiger partial charge in [0.05, 0.1) is 19.6 Å². The number of carboxylic acid groups (broad SMARTS) is 1. The number of methoxy groups -OCH3 is 1. The fourth-order valence-electron chi connectivity index (χ4n) is 2.39. The summed E-state index contributed by atoms with van der Waals surface area (Å²) in [7, 11) is 1.12. The molecule has 2 unspecified atom stereocenters. The van der Waals surface area contributed by atoms with Gasteiger partial charge in [-0.3, -0.25) is 9.59 Å². The van der Waals surface area contributed by atoms with E-state index in [0.717, 1.165) is 7.11 Å². The van der Waals surface area contributed by atoms with Crippen LogP contribution in [0.4, 0.5) is 4.79 Å². The Morgan fingerprint density at radius 2 is 1.71 bits per heavy atom. The van der Waals surface area contributed by atoms with E-state index in [9.17, 15) is 19.2 Å². The van der Waals surface area contributed by atoms with E-state index >= 15 is 0 Å². The van der Waals surface area contributed by atoms with Crippen LogP contribution >= 0.6 is 0 Å². The summed E-state index contributed by atoms with van der Waals surface area (Å²) in [5, 5.41) is 8.91. The van der Waals surface area contributed by atoms with Crippen LogP contribution in [-0.2, 0) is 30.3 Å². The number of benzene rings is 1. The fourth-order valence-corrected chi connectivity index (χ4v) is 2.39. The van der Waals surface area contributed by atoms with Crippen LogP contribution < -0.4 is 5.73 Å². The fraction of sp³-hybridized carbons (Fsp3) is 0.474. The summed E-state index contributed by atoms with van der Waals surface area (Å²) in [6.45, 7) is 4.78. The lowest BCUT2D eigenvalue weighted by molar-refractivity contribution is -0.153. The van der Waals surface area contributed by atoms with Crippen LogP contribution in [0.2, 0.25) is 0 Å². The van der Waals surface area contributed by atoms with Gasteiger partial charge in [0.25, 0.3) is 0 Å². The first-order valence-electron chi connectivity index (χ1n) is 8.61. The molecule has 1 rings (SSSR count). The highest BCUT2D eigenvalue weighted by Crippen LogP contribution is 2.18. The SMILES string of the molecule is COC(=O)C(Cc1ccccc1)N(C(=O)OC(C)(C)C)C(=O)C(N)CC(=O)O. The highest BCUT2D eigenvalue weighted by Gasteiger charge is 2.40. The van der Waals surface area contributed by atoms with E-state index in [2.05, 4.69) is 0 Å². The second-order valence-corrected chi connectivity index (χ2v) is 7.12. The molecule has 0 saturated carbocycles. The molecular weight excluding hydrogens is 368 g/mol. The standard InChI is InChI=1S/C19H26N2O7/c1-19(2,3)28-18(26)21(16(24)13(20)11-15(22)23)14(17(25)27-4)10-12-8-6-5-7-9-12/h5-9,13-14H,10-11,20H2,1-4H3,(H,22,23). The zero-order valence-corrected chi connectivity index (χ0v) is 16.4. The van der Waals surface area contributed by atoms with Crippen LogP contribution in [0.5, 0.6) is 0 Å². The van der Waals surface area contributed by atoms with Gasteiger partial charge in [-0.05, 0) is 26.3 Å². The molecule has 2 amide bonds. The van der Waals surface area contributed by atoms with E-state index in [1.165, 1.54) is 0 Å². The number of carbonyl (C=O) groups is 4. The van der Waals surface area contributed by atoms with Crippen LogP contribution in [0, 0.1) is 0 Å². The smallest absolute Gasteiger partial charge is 0.417 e. The number of ether oxygens (including phenoxy) is 2. The molecule has 0 aromatic heterocycles. The lowest BCUT2D eigenvalue weighted by atomic mass is 10.0. The van der Waals surface area contributed by atoms with Gasteiger partial charge in [-0.25, -0.2) is 14.5 Å². The molecule has 1 aromatic carbocycles. The zero-order valence-electron chi connectivity index (χ0n) is 16.4. The van der Waals surface area contributed by atoms with Crippen molar-refractivity contribution in [2.24, 2.45) is 5.73 Å². The number of rotatable bonds is 7. The second kappa shape index (κ2) is 9.84. The molecular formula is C19H26N2O7. The lowest BCUT2D eigenvalue weighted by Crippen LogP contribution is -2.56. The summed E-state index contributed by atoms with van der Waals surface area (Å²) in [4.78, 5) is 49.4. The van der Waals surface area contributed by atoms with Crippen molar-refractivity contribution in [3.63, 3.8) is 0 Å². The van der Waals surface area contributed by atoms with Crippen LogP contribution in [-0.4, -0.2) is 58.7 Å². The van der Waals surface area contributed by atoms with Crippen LogP contribution in [0.1, 0.15) is 32.8 Å². The maximum absolute atomic E-state index is 12.8. The Morgan fingerprint density at radius 3 is 2.18 bits per heavy atom. The molecule has 1 aromatic rings. The maximum Gasteiger partial charge on any atom is 0.417 e. The van der Waals surface area contributed by atoms with Gasteiger partial charge in [0.2, 0.25) is 5.91 Å². The first-order valence-corrected chi connectivity index (χ1v) is 8.61. The topological polar surface area (TPSA) is 136 Å². The Labute approximate surface area is 163 Å². The molecule has 0 saturated heterocycles. The quantitative estimate of drug-likeness (QED) is 0.661. The van der Waals surface area contributed by atoms with Crippen molar-refractivity contribution >= 4 is 23.9 Å². The molecule has 9 nitrogen and oxygen atoms in total. The third kappa shape index (κ3) is 6.99. The highest BCUT2D eigenvalue weighted by atomic mass is 16.6. The normalized spacial score (nSPS) is 13.2. The third-order valence-corrected chi connectivity index (χ3v) is 3.60. The molecule has 154 valence electrons. The van der Waals surface area contributed by atoms with E-state index in [-0.39, 0.29) is 6.42 Å². The summed E-state index contributed by atoms with van der Waals surface area (Å²) < 4.78 is 10.0. The van der Waals surface area contributed by atoms with Gasteiger partial charge in [-0.2, -0.15) is 0 Å². The zero-order chi connectivity index (χ0) is 21.5. The summed E-state index contributed by atoms with van der Waals surface area (Å²) in [6, 6.07) is 5.77. The van der Waals surface area contributed by atoms with Crippen molar-refractivity contribution in [3.8, 4) is 0 Å². The van der Waals surface area contributed by atoms with Crippen molar-refractivity contribution in [1.82, 2.24) is 4.90 Å². The summed E-state index contributed by atoms with van der Waals surface area (Å²) in [5.74, 6) is -3.21. The number of carboxylic acids is 1. The minimum atomic E-state index is -1.53. The minimum Gasteiger partial charge on any atom is -0.481 e. The monoisotopic (exact) mass is 394 g/mol. The first kappa shape index (κ1) is 23.1. The number of nitrogens with two attached hydrogens (primary N) is 1. The Kier molecular flexibility index (Phi) is 8.12. The van der Waals surface area contributed by atoms with Gasteiger partial charge in [-0.15, -0.1) is 0 Å². The number of amides is 2. The van der Waals surface area contributed by atoms with E-state index in [1.807, 2.05) is 0 Å². The molecule has 0 fully saturated rings. The van der Waals surface area contributed by atoms with Crippen molar-refractivity contribution in [1.29, 1.82) is 0 Å². The van der Waals surface area contributed by atoms with Gasteiger partial charge in [0.15, 0.2) is 0 Å². The third-order valence-electron chi connectivity index (χ3n) is 3.60. The van der Waals surface area contributed by atoms with Crippen LogP contribution in [0.25, 0.3) is 0 Å². The second-order valence-electron chi connectivity index (χ2n) is 7.12. The Bertz CT molecular complexity index is 713. The number of imide groups is 1. The molecule has 0 radical (unpaired) electrons. The molecule has 0 aliphatic rings. The van der Waals surface area contributed by atoms with Gasteiger partial charge >= 0.3 is 18.0 Å². The number of nitrogens with zero attached hydrogens (tertiary/aromatic N) is 1. The average molecular weight is 394 g/mol. The first-order chi connectivity index (χ1) is 13.0. The number of aliphatic carboxylic acids is 1. The predicted molar refractivity (Wildman–Crippen MR) is 99.3 cm³/mol. The van der Waals surface area contributed by atoms with E-state index in [4.69, 9.17) is 20.3 Å². The molecule has 3 N–H and O–H groups in total. The molecule has 0 spiro atoms. The van der Waals surface area contributed by atoms with Crippen LogP contribution in [0.15, 0.2) is 30.3 Å². The summed E-state index contributed by atoms with van der Waals surface area (Å²) in [6.07, 6.45) is -1.86. The number of esters is 1. The molecule has 0 aliphatic heterocycles. The minimum absolute atomic E-state index is 0.0434.